The second-order valence-corrected chi connectivity index (χ2v) is 6.17. The first-order valence-corrected chi connectivity index (χ1v) is 8.93. The number of nitrogens with one attached hydrogen (secondary N) is 1. The normalized spacial score (nSPS) is 13.2. The van der Waals surface area contributed by atoms with Gasteiger partial charge in [-0.15, -0.1) is 0 Å². The van der Waals surface area contributed by atoms with Crippen LogP contribution in [-0.4, -0.2) is 44.0 Å². The van der Waals surface area contributed by atoms with Crippen LogP contribution in [0.4, 0.5) is 13.2 Å². The van der Waals surface area contributed by atoms with Gasteiger partial charge >= 0.3 is 6.18 Å². The summed E-state index contributed by atoms with van der Waals surface area (Å²) in [7, 11) is 1.50. The summed E-state index contributed by atoms with van der Waals surface area (Å²) in [5.74, 6) is 0.870. The van der Waals surface area contributed by atoms with Crippen molar-refractivity contribution in [1.29, 1.82) is 0 Å². The highest BCUT2D eigenvalue weighted by molar-refractivity contribution is 5.91. The van der Waals surface area contributed by atoms with Crippen LogP contribution in [0.2, 0.25) is 0 Å². The van der Waals surface area contributed by atoms with E-state index < -0.39 is 18.7 Å². The van der Waals surface area contributed by atoms with Gasteiger partial charge in [0.05, 0.1) is 7.11 Å². The second-order valence-electron chi connectivity index (χ2n) is 6.17. The van der Waals surface area contributed by atoms with Crippen LogP contribution >= 0.6 is 0 Å². The molecule has 2 heterocycles. The number of hydrogen-bond acceptors (Lipinski definition) is 6. The number of benzene rings is 1. The molecule has 0 radical (unpaired) electrons. The van der Waals surface area contributed by atoms with Crippen molar-refractivity contribution in [2.24, 2.45) is 0 Å². The number of pyridine rings is 1. The average molecular weight is 424 g/mol. The summed E-state index contributed by atoms with van der Waals surface area (Å²) in [5, 5.41) is 2.58. The molecule has 7 nitrogen and oxygen atoms in total. The van der Waals surface area contributed by atoms with Crippen molar-refractivity contribution in [3.05, 3.63) is 47.7 Å². The van der Waals surface area contributed by atoms with Gasteiger partial charge in [-0.1, -0.05) is 6.07 Å². The minimum atomic E-state index is -4.48. The Morgan fingerprint density at radius 2 is 2.10 bits per heavy atom. The molecule has 1 aliphatic heterocycles. The van der Waals surface area contributed by atoms with Crippen molar-refractivity contribution in [2.75, 3.05) is 26.9 Å². The highest BCUT2D eigenvalue weighted by atomic mass is 19.4. The molecule has 0 saturated heterocycles. The number of amides is 1. The first-order chi connectivity index (χ1) is 14.4. The van der Waals surface area contributed by atoms with Gasteiger partial charge in [0.15, 0.2) is 18.1 Å². The maximum absolute atomic E-state index is 12.4. The van der Waals surface area contributed by atoms with Gasteiger partial charge in [-0.25, -0.2) is 4.98 Å². The topological polar surface area (TPSA) is 78.9 Å². The van der Waals surface area contributed by atoms with Gasteiger partial charge in [-0.05, 0) is 29.8 Å². The lowest BCUT2D eigenvalue weighted by atomic mass is 10.1. The molecule has 0 bridgehead atoms. The van der Waals surface area contributed by atoms with E-state index >= 15 is 0 Å². The van der Waals surface area contributed by atoms with Crippen molar-refractivity contribution in [3.8, 4) is 23.1 Å². The van der Waals surface area contributed by atoms with Gasteiger partial charge in [-0.2, -0.15) is 13.2 Å². The summed E-state index contributed by atoms with van der Waals surface area (Å²) in [6.07, 6.45) is -0.324. The third kappa shape index (κ3) is 5.79. The summed E-state index contributed by atoms with van der Waals surface area (Å²) in [6.45, 7) is -0.677. The summed E-state index contributed by atoms with van der Waals surface area (Å²) < 4.78 is 58.1. The smallest absolute Gasteiger partial charge is 0.422 e. The zero-order valence-electron chi connectivity index (χ0n) is 16.0. The Balaban J connectivity index is 1.62. The molecule has 0 saturated carbocycles. The maximum Gasteiger partial charge on any atom is 0.422 e. The Kier molecular flexibility index (Phi) is 6.65. The zero-order chi connectivity index (χ0) is 21.6. The molecular formula is C20H19F3N2O5. The van der Waals surface area contributed by atoms with Crippen molar-refractivity contribution in [1.82, 2.24) is 10.3 Å². The van der Waals surface area contributed by atoms with Crippen LogP contribution in [0.15, 0.2) is 36.5 Å². The number of alkyl halides is 3. The molecular weight excluding hydrogens is 405 g/mol. The Morgan fingerprint density at radius 1 is 1.30 bits per heavy atom. The molecule has 2 aromatic rings. The van der Waals surface area contributed by atoms with Crippen LogP contribution < -0.4 is 24.3 Å². The van der Waals surface area contributed by atoms with E-state index in [0.717, 1.165) is 0 Å². The molecule has 30 heavy (non-hydrogen) atoms. The van der Waals surface area contributed by atoms with Crippen LogP contribution in [0.25, 0.3) is 6.08 Å². The number of ether oxygens (including phenoxy) is 4. The molecule has 0 unspecified atom stereocenters. The highest BCUT2D eigenvalue weighted by Crippen LogP contribution is 2.40. The Labute approximate surface area is 170 Å². The minimum Gasteiger partial charge on any atom is -0.493 e. The number of carbonyl (C=O) groups excluding carboxylic acids is 1. The third-order valence-corrected chi connectivity index (χ3v) is 3.95. The number of aromatic nitrogens is 1. The number of halogens is 3. The van der Waals surface area contributed by atoms with E-state index in [1.165, 1.54) is 25.4 Å². The van der Waals surface area contributed by atoms with Crippen molar-refractivity contribution in [2.45, 2.75) is 12.7 Å². The van der Waals surface area contributed by atoms with Crippen molar-refractivity contribution >= 4 is 12.0 Å². The first-order valence-electron chi connectivity index (χ1n) is 8.93. The monoisotopic (exact) mass is 424 g/mol. The lowest BCUT2D eigenvalue weighted by Crippen LogP contribution is -2.23. The SMILES string of the molecule is COc1cc(/C=C/C(=O)NCc2cccnc2OCC(F)(F)F)cc2c1OCCO2. The molecule has 1 aliphatic rings. The fourth-order valence-corrected chi connectivity index (χ4v) is 2.64. The Morgan fingerprint density at radius 3 is 2.87 bits per heavy atom. The number of hydrogen-bond donors (Lipinski definition) is 1. The van der Waals surface area contributed by atoms with E-state index in [1.807, 2.05) is 0 Å². The van der Waals surface area contributed by atoms with Gasteiger partial charge < -0.3 is 24.3 Å². The molecule has 1 aromatic heterocycles. The predicted octanol–water partition coefficient (Wildman–Crippen LogP) is 3.13. The van der Waals surface area contributed by atoms with Gasteiger partial charge in [0, 0.05) is 24.4 Å². The molecule has 160 valence electrons. The average Bonchev–Trinajstić information content (AvgIpc) is 2.74. The van der Waals surface area contributed by atoms with Crippen LogP contribution in [0.3, 0.4) is 0 Å². The third-order valence-electron chi connectivity index (χ3n) is 3.95. The summed E-state index contributed by atoms with van der Waals surface area (Å²) >= 11 is 0. The largest absolute Gasteiger partial charge is 0.493 e. The molecule has 0 aliphatic carbocycles. The maximum atomic E-state index is 12.4. The second kappa shape index (κ2) is 9.38. The quantitative estimate of drug-likeness (QED) is 0.688. The molecule has 1 aromatic carbocycles. The summed E-state index contributed by atoms with van der Waals surface area (Å²) in [4.78, 5) is 15.9. The van der Waals surface area contributed by atoms with Gasteiger partial charge in [0.25, 0.3) is 0 Å². The molecule has 3 rings (SSSR count). The van der Waals surface area contributed by atoms with E-state index in [2.05, 4.69) is 10.3 Å². The Bertz CT molecular complexity index is 914. The van der Waals surface area contributed by atoms with E-state index in [9.17, 15) is 18.0 Å². The number of rotatable bonds is 7. The van der Waals surface area contributed by atoms with Gasteiger partial charge in [0.2, 0.25) is 17.5 Å². The van der Waals surface area contributed by atoms with E-state index in [1.54, 1.807) is 24.3 Å². The Hall–Kier alpha value is -3.43. The summed E-state index contributed by atoms with van der Waals surface area (Å²) in [6, 6.07) is 6.47. The van der Waals surface area contributed by atoms with E-state index in [4.69, 9.17) is 18.9 Å². The number of carbonyl (C=O) groups is 1. The predicted molar refractivity (Wildman–Crippen MR) is 101 cm³/mol. The highest BCUT2D eigenvalue weighted by Gasteiger charge is 2.29. The number of methoxy groups -OCH3 is 1. The zero-order valence-corrected chi connectivity index (χ0v) is 16.0. The molecule has 0 spiro atoms. The molecule has 1 amide bonds. The lowest BCUT2D eigenvalue weighted by molar-refractivity contribution is -0.154. The molecule has 0 atom stereocenters. The van der Waals surface area contributed by atoms with Crippen LogP contribution in [0, 0.1) is 0 Å². The fourth-order valence-electron chi connectivity index (χ4n) is 2.64. The molecule has 10 heteroatoms. The number of nitrogens with zero attached hydrogens (tertiary/aromatic N) is 1. The van der Waals surface area contributed by atoms with Crippen molar-refractivity contribution in [3.63, 3.8) is 0 Å². The van der Waals surface area contributed by atoms with E-state index in [-0.39, 0.29) is 12.4 Å². The standard InChI is InChI=1S/C20H19F3N2O5/c1-27-15-9-13(10-16-18(15)29-8-7-28-16)4-5-17(26)25-11-14-3-2-6-24-19(14)30-12-20(21,22)23/h2-6,9-10H,7-8,11-12H2,1H3,(H,25,26)/b5-4+. The van der Waals surface area contributed by atoms with Crippen LogP contribution in [0.1, 0.15) is 11.1 Å². The summed E-state index contributed by atoms with van der Waals surface area (Å²) in [5.41, 5.74) is 0.978. The lowest BCUT2D eigenvalue weighted by Gasteiger charge is -2.20. The van der Waals surface area contributed by atoms with Crippen LogP contribution in [0.5, 0.6) is 23.1 Å². The number of fused-ring (bicyclic) bond motifs is 1. The minimum absolute atomic E-state index is 0.0470. The van der Waals surface area contributed by atoms with Gasteiger partial charge in [0.1, 0.15) is 13.2 Å². The van der Waals surface area contributed by atoms with E-state index in [0.29, 0.717) is 41.6 Å². The molecule has 1 N–H and O–H groups in total. The first kappa shape index (κ1) is 21.3. The van der Waals surface area contributed by atoms with Crippen LogP contribution in [-0.2, 0) is 11.3 Å². The van der Waals surface area contributed by atoms with Crippen molar-refractivity contribution < 1.29 is 36.9 Å². The fraction of sp³-hybridized carbons (Fsp3) is 0.300. The van der Waals surface area contributed by atoms with Gasteiger partial charge in [-0.3, -0.25) is 4.79 Å². The molecule has 0 fully saturated rings.